The van der Waals surface area contributed by atoms with Crippen LogP contribution in [0.4, 0.5) is 0 Å². The van der Waals surface area contributed by atoms with E-state index in [0.29, 0.717) is 6.04 Å². The van der Waals surface area contributed by atoms with Gasteiger partial charge in [-0.1, -0.05) is 37.3 Å². The summed E-state index contributed by atoms with van der Waals surface area (Å²) in [4.78, 5) is 0. The fourth-order valence-electron chi connectivity index (χ4n) is 3.01. The lowest BCUT2D eigenvalue weighted by atomic mass is 9.89. The molecule has 0 aliphatic carbocycles. The van der Waals surface area contributed by atoms with Crippen molar-refractivity contribution in [1.82, 2.24) is 5.32 Å². The average molecular weight is 281 g/mol. The number of aryl methyl sites for hydroxylation is 2. The van der Waals surface area contributed by atoms with Gasteiger partial charge in [0, 0.05) is 6.04 Å². The zero-order valence-electron chi connectivity index (χ0n) is 14.2. The first kappa shape index (κ1) is 15.8. The molecule has 0 aromatic heterocycles. The summed E-state index contributed by atoms with van der Waals surface area (Å²) in [6.07, 6.45) is 0. The highest BCUT2D eigenvalue weighted by molar-refractivity contribution is 5.73. The highest BCUT2D eigenvalue weighted by Gasteiger charge is 2.11. The molecule has 0 amide bonds. The molecule has 0 saturated heterocycles. The van der Waals surface area contributed by atoms with Crippen molar-refractivity contribution in [2.45, 2.75) is 47.6 Å². The van der Waals surface area contributed by atoms with E-state index in [1.165, 1.54) is 38.9 Å². The Labute approximate surface area is 129 Å². The Morgan fingerprint density at radius 3 is 1.90 bits per heavy atom. The largest absolute Gasteiger partial charge is 0.310 e. The Balaban J connectivity index is 2.44. The van der Waals surface area contributed by atoms with Gasteiger partial charge in [-0.25, -0.2) is 0 Å². The second-order valence-corrected chi connectivity index (χ2v) is 6.04. The summed E-state index contributed by atoms with van der Waals surface area (Å²) in [5.74, 6) is 0. The van der Waals surface area contributed by atoms with Crippen molar-refractivity contribution in [3.8, 4) is 11.1 Å². The molecule has 0 bridgehead atoms. The fraction of sp³-hybridized carbons (Fsp3) is 0.400. The van der Waals surface area contributed by atoms with Gasteiger partial charge >= 0.3 is 0 Å². The van der Waals surface area contributed by atoms with Gasteiger partial charge in [-0.3, -0.25) is 0 Å². The molecule has 0 spiro atoms. The highest BCUT2D eigenvalue weighted by atomic mass is 14.9. The molecule has 1 heteroatoms. The van der Waals surface area contributed by atoms with Gasteiger partial charge in [0.25, 0.3) is 0 Å². The van der Waals surface area contributed by atoms with Crippen LogP contribution in [0, 0.1) is 27.7 Å². The molecule has 0 aliphatic rings. The lowest BCUT2D eigenvalue weighted by molar-refractivity contribution is 0.598. The lowest BCUT2D eigenvalue weighted by Crippen LogP contribution is -2.17. The first-order chi connectivity index (χ1) is 9.95. The van der Waals surface area contributed by atoms with Crippen molar-refractivity contribution < 1.29 is 0 Å². The monoisotopic (exact) mass is 281 g/mol. The Kier molecular flexibility index (Phi) is 4.84. The van der Waals surface area contributed by atoms with Crippen LogP contribution < -0.4 is 5.32 Å². The van der Waals surface area contributed by atoms with Gasteiger partial charge in [0.1, 0.15) is 0 Å². The maximum absolute atomic E-state index is 3.46. The number of nitrogens with one attached hydrogen (secondary N) is 1. The molecule has 0 aliphatic heterocycles. The van der Waals surface area contributed by atoms with Gasteiger partial charge in [-0.05, 0) is 80.1 Å². The minimum atomic E-state index is 0.408. The van der Waals surface area contributed by atoms with Gasteiger partial charge < -0.3 is 5.32 Å². The van der Waals surface area contributed by atoms with Crippen molar-refractivity contribution in [3.63, 3.8) is 0 Å². The van der Waals surface area contributed by atoms with Crippen LogP contribution in [0.15, 0.2) is 30.3 Å². The summed E-state index contributed by atoms with van der Waals surface area (Å²) in [5, 5.41) is 3.46. The number of rotatable bonds is 4. The molecule has 1 N–H and O–H groups in total. The first-order valence-electron chi connectivity index (χ1n) is 7.86. The second-order valence-electron chi connectivity index (χ2n) is 6.04. The summed E-state index contributed by atoms with van der Waals surface area (Å²) in [7, 11) is 0. The van der Waals surface area contributed by atoms with E-state index in [0.717, 1.165) is 6.54 Å². The molecule has 2 aromatic rings. The minimum absolute atomic E-state index is 0.408. The number of hydrogen-bond acceptors (Lipinski definition) is 1. The molecule has 112 valence electrons. The van der Waals surface area contributed by atoms with Crippen molar-refractivity contribution in [3.05, 3.63) is 58.1 Å². The maximum atomic E-state index is 3.46. The van der Waals surface area contributed by atoms with Crippen molar-refractivity contribution in [2.24, 2.45) is 0 Å². The zero-order chi connectivity index (χ0) is 15.6. The fourth-order valence-corrected chi connectivity index (χ4v) is 3.01. The van der Waals surface area contributed by atoms with E-state index in [-0.39, 0.29) is 0 Å². The molecule has 1 unspecified atom stereocenters. The van der Waals surface area contributed by atoms with Crippen LogP contribution in [0.1, 0.15) is 47.7 Å². The molecule has 0 heterocycles. The van der Waals surface area contributed by atoms with Gasteiger partial charge in [-0.15, -0.1) is 0 Å². The molecular weight excluding hydrogens is 254 g/mol. The minimum Gasteiger partial charge on any atom is -0.310 e. The Bertz CT molecular complexity index is 597. The van der Waals surface area contributed by atoms with Crippen LogP contribution in [-0.4, -0.2) is 6.54 Å². The Hall–Kier alpha value is -1.60. The third-order valence-corrected chi connectivity index (χ3v) is 4.58. The number of hydrogen-bond donors (Lipinski definition) is 1. The van der Waals surface area contributed by atoms with Crippen LogP contribution in [-0.2, 0) is 0 Å². The van der Waals surface area contributed by atoms with Gasteiger partial charge in [0.2, 0.25) is 0 Å². The summed E-state index contributed by atoms with van der Waals surface area (Å²) < 4.78 is 0. The molecule has 1 nitrogen and oxygen atoms in total. The van der Waals surface area contributed by atoms with Crippen LogP contribution in [0.3, 0.4) is 0 Å². The smallest absolute Gasteiger partial charge is 0.0291 e. The molecular formula is C20H27N. The predicted molar refractivity (Wildman–Crippen MR) is 92.9 cm³/mol. The van der Waals surface area contributed by atoms with E-state index in [9.17, 15) is 0 Å². The summed E-state index contributed by atoms with van der Waals surface area (Å²) in [5.41, 5.74) is 9.60. The molecule has 0 fully saturated rings. The van der Waals surface area contributed by atoms with Crippen molar-refractivity contribution in [2.75, 3.05) is 6.54 Å². The van der Waals surface area contributed by atoms with Gasteiger partial charge in [0.15, 0.2) is 0 Å². The van der Waals surface area contributed by atoms with E-state index in [1.54, 1.807) is 0 Å². The van der Waals surface area contributed by atoms with E-state index >= 15 is 0 Å². The average Bonchev–Trinajstić information content (AvgIpc) is 2.46. The molecule has 1 atom stereocenters. The highest BCUT2D eigenvalue weighted by Crippen LogP contribution is 2.32. The Morgan fingerprint density at radius 2 is 1.43 bits per heavy atom. The lowest BCUT2D eigenvalue weighted by Gasteiger charge is -2.17. The normalized spacial score (nSPS) is 12.5. The molecule has 0 saturated carbocycles. The quantitative estimate of drug-likeness (QED) is 0.806. The second kappa shape index (κ2) is 6.44. The molecule has 2 aromatic carbocycles. The van der Waals surface area contributed by atoms with Gasteiger partial charge in [0.05, 0.1) is 0 Å². The van der Waals surface area contributed by atoms with Gasteiger partial charge in [-0.2, -0.15) is 0 Å². The summed E-state index contributed by atoms with van der Waals surface area (Å²) in [6.45, 7) is 14.2. The number of benzene rings is 2. The zero-order valence-corrected chi connectivity index (χ0v) is 14.2. The summed E-state index contributed by atoms with van der Waals surface area (Å²) in [6, 6.07) is 11.7. The van der Waals surface area contributed by atoms with Crippen LogP contribution in [0.2, 0.25) is 0 Å². The molecule has 0 radical (unpaired) electrons. The van der Waals surface area contributed by atoms with Crippen molar-refractivity contribution >= 4 is 0 Å². The SMILES string of the molecule is CCNC(C)c1ccc(-c2c(C)c(C)cc(C)c2C)cc1. The topological polar surface area (TPSA) is 12.0 Å². The molecule has 21 heavy (non-hydrogen) atoms. The van der Waals surface area contributed by atoms with Crippen molar-refractivity contribution in [1.29, 1.82) is 0 Å². The predicted octanol–water partition coefficient (Wildman–Crippen LogP) is 5.26. The van der Waals surface area contributed by atoms with E-state index in [4.69, 9.17) is 0 Å². The van der Waals surface area contributed by atoms with Crippen LogP contribution in [0.5, 0.6) is 0 Å². The van der Waals surface area contributed by atoms with E-state index in [1.807, 2.05) is 0 Å². The van der Waals surface area contributed by atoms with E-state index in [2.05, 4.69) is 77.2 Å². The summed E-state index contributed by atoms with van der Waals surface area (Å²) >= 11 is 0. The Morgan fingerprint density at radius 1 is 0.905 bits per heavy atom. The maximum Gasteiger partial charge on any atom is 0.0291 e. The van der Waals surface area contributed by atoms with Crippen LogP contribution in [0.25, 0.3) is 11.1 Å². The molecule has 2 rings (SSSR count). The third-order valence-electron chi connectivity index (χ3n) is 4.58. The third kappa shape index (κ3) is 3.19. The first-order valence-corrected chi connectivity index (χ1v) is 7.86. The van der Waals surface area contributed by atoms with Crippen LogP contribution >= 0.6 is 0 Å². The van der Waals surface area contributed by atoms with E-state index < -0.39 is 0 Å². The standard InChI is InChI=1S/C20H27N/c1-7-21-17(6)18-8-10-19(11-9-18)20-15(4)13(2)12-14(3)16(20)5/h8-12,17,21H,7H2,1-6H3.